The molecule has 0 fully saturated rings. The first-order valence-corrected chi connectivity index (χ1v) is 7.23. The fraction of sp³-hybridized carbons (Fsp3) is 0.143. The van der Waals surface area contributed by atoms with Crippen LogP contribution in [0.1, 0.15) is 22.8 Å². The van der Waals surface area contributed by atoms with Crippen molar-refractivity contribution in [2.24, 2.45) is 0 Å². The van der Waals surface area contributed by atoms with Gasteiger partial charge < -0.3 is 5.11 Å². The van der Waals surface area contributed by atoms with E-state index >= 15 is 0 Å². The summed E-state index contributed by atoms with van der Waals surface area (Å²) in [5.41, 5.74) is -0.300. The first kappa shape index (κ1) is 14.3. The number of benzene rings is 1. The fourth-order valence-electron chi connectivity index (χ4n) is 2.08. The zero-order valence-electron chi connectivity index (χ0n) is 10.5. The third-order valence-corrected chi connectivity index (χ3v) is 4.01. The summed E-state index contributed by atoms with van der Waals surface area (Å²) in [6.07, 6.45) is 1.48. The molecule has 0 aliphatic rings. The van der Waals surface area contributed by atoms with Gasteiger partial charge in [-0.05, 0) is 22.3 Å². The van der Waals surface area contributed by atoms with E-state index in [2.05, 4.69) is 4.98 Å². The van der Waals surface area contributed by atoms with Crippen molar-refractivity contribution in [3.63, 3.8) is 0 Å². The summed E-state index contributed by atoms with van der Waals surface area (Å²) in [5.74, 6) is -2.26. The molecule has 102 valence electrons. The van der Waals surface area contributed by atoms with E-state index in [0.717, 1.165) is 0 Å². The highest BCUT2D eigenvalue weighted by molar-refractivity contribution is 7.38. The van der Waals surface area contributed by atoms with Crippen molar-refractivity contribution in [1.82, 2.24) is 4.98 Å². The van der Waals surface area contributed by atoms with E-state index in [1.807, 2.05) is 0 Å². The molecule has 20 heavy (non-hydrogen) atoms. The molecule has 6 heteroatoms. The van der Waals surface area contributed by atoms with Gasteiger partial charge in [0.15, 0.2) is 0 Å². The van der Waals surface area contributed by atoms with Gasteiger partial charge in [-0.3, -0.25) is 9.78 Å². The van der Waals surface area contributed by atoms with Gasteiger partial charge in [-0.1, -0.05) is 36.4 Å². The van der Waals surface area contributed by atoms with Gasteiger partial charge in [0, 0.05) is 6.20 Å². The molecule has 1 heterocycles. The Labute approximate surface area is 116 Å². The Morgan fingerprint density at radius 1 is 1.10 bits per heavy atom. The Morgan fingerprint density at radius 2 is 1.75 bits per heavy atom. The first-order chi connectivity index (χ1) is 9.61. The van der Waals surface area contributed by atoms with Crippen molar-refractivity contribution in [2.45, 2.75) is 11.6 Å². The first-order valence-electron chi connectivity index (χ1n) is 5.95. The van der Waals surface area contributed by atoms with Crippen molar-refractivity contribution < 1.29 is 19.4 Å². The van der Waals surface area contributed by atoms with Crippen LogP contribution in [0.5, 0.6) is 0 Å². The number of aromatic nitrogens is 1. The summed E-state index contributed by atoms with van der Waals surface area (Å²) < 4.78 is 11.7. The Hall–Kier alpha value is -2.10. The van der Waals surface area contributed by atoms with Crippen molar-refractivity contribution >= 4 is 14.0 Å². The molecule has 0 spiro atoms. The highest BCUT2D eigenvalue weighted by Gasteiger charge is 2.45. The van der Waals surface area contributed by atoms with Gasteiger partial charge in [0.25, 0.3) is 0 Å². The average Bonchev–Trinajstić information content (AvgIpc) is 2.45. The number of carbonyl (C=O) groups is 1. The van der Waals surface area contributed by atoms with Crippen LogP contribution in [0.4, 0.5) is 0 Å². The van der Waals surface area contributed by atoms with Crippen LogP contribution < -0.4 is 0 Å². The maximum absolute atomic E-state index is 11.7. The van der Waals surface area contributed by atoms with E-state index in [-0.39, 0.29) is 0 Å². The maximum atomic E-state index is 11.7. The summed E-state index contributed by atoms with van der Waals surface area (Å²) >= 11 is 0. The lowest BCUT2D eigenvalue weighted by atomic mass is 9.93. The molecule has 5 nitrogen and oxygen atoms in total. The van der Waals surface area contributed by atoms with Gasteiger partial charge in [0.2, 0.25) is 5.66 Å². The smallest absolute Gasteiger partial charge is 0.481 e. The van der Waals surface area contributed by atoms with Crippen LogP contribution in [0.25, 0.3) is 0 Å². The van der Waals surface area contributed by atoms with Crippen molar-refractivity contribution in [1.29, 1.82) is 0 Å². The molecule has 0 aliphatic heterocycles. The zero-order valence-corrected chi connectivity index (χ0v) is 11.4. The molecule has 1 aromatic heterocycles. The molecule has 2 N–H and O–H groups in total. The largest absolute Gasteiger partial charge is 0.516 e. The molecular weight excluding hydrogens is 277 g/mol. The van der Waals surface area contributed by atoms with Gasteiger partial charge >= 0.3 is 14.0 Å². The molecule has 0 saturated carbocycles. The average molecular weight is 290 g/mol. The summed E-state index contributed by atoms with van der Waals surface area (Å²) in [4.78, 5) is 25.1. The number of carboxylic acids is 1. The number of aliphatic carboxylic acids is 1. The third-order valence-electron chi connectivity index (χ3n) is 2.97. The topological polar surface area (TPSA) is 87.5 Å². The summed E-state index contributed by atoms with van der Waals surface area (Å²) in [7, 11) is -2.73. The normalized spacial score (nSPS) is 14.3. The van der Waals surface area contributed by atoms with Crippen LogP contribution >= 0.6 is 8.03 Å². The number of carboxylic acid groups (broad SMARTS) is 1. The van der Waals surface area contributed by atoms with E-state index in [0.29, 0.717) is 11.3 Å². The van der Waals surface area contributed by atoms with Crippen LogP contribution in [-0.4, -0.2) is 21.0 Å². The summed E-state index contributed by atoms with van der Waals surface area (Å²) in [5, 5.41) is 9.44. The van der Waals surface area contributed by atoms with Crippen LogP contribution in [0, 0.1) is 0 Å². The molecular formula is C14H13NO4P+. The Balaban J connectivity index is 2.50. The quantitative estimate of drug-likeness (QED) is 0.827. The number of pyridine rings is 1. The van der Waals surface area contributed by atoms with E-state index in [1.54, 1.807) is 48.5 Å². The molecule has 3 atom stereocenters. The number of hydrogen-bond donors (Lipinski definition) is 2. The molecule has 0 bridgehead atoms. The fourth-order valence-corrected chi connectivity index (χ4v) is 3.02. The van der Waals surface area contributed by atoms with Crippen molar-refractivity contribution in [3.05, 3.63) is 66.0 Å². The summed E-state index contributed by atoms with van der Waals surface area (Å²) in [6.45, 7) is 0. The second-order valence-corrected chi connectivity index (χ2v) is 5.39. The monoisotopic (exact) mass is 290 g/mol. The molecule has 0 saturated heterocycles. The van der Waals surface area contributed by atoms with Crippen LogP contribution in [-0.2, 0) is 9.36 Å². The van der Waals surface area contributed by atoms with E-state index in [1.165, 1.54) is 6.20 Å². The minimum atomic E-state index is -2.73. The minimum Gasteiger partial charge on any atom is -0.481 e. The van der Waals surface area contributed by atoms with Crippen LogP contribution in [0.3, 0.4) is 0 Å². The van der Waals surface area contributed by atoms with E-state index in [4.69, 9.17) is 0 Å². The highest BCUT2D eigenvalue weighted by Crippen LogP contribution is 2.47. The number of rotatable bonds is 5. The number of nitrogens with zero attached hydrogens (tertiary/aromatic N) is 1. The third kappa shape index (κ3) is 3.07. The van der Waals surface area contributed by atoms with Gasteiger partial charge in [-0.15, -0.1) is 0 Å². The SMILES string of the molecule is O=C(O)C(c1ccccc1)C(c1ccccn1)[P+](=O)O. The highest BCUT2D eigenvalue weighted by atomic mass is 31.1. The molecule has 2 aromatic rings. The molecule has 1 aromatic carbocycles. The molecule has 2 rings (SSSR count). The molecule has 0 aliphatic carbocycles. The predicted octanol–water partition coefficient (Wildman–Crippen LogP) is 2.73. The molecule has 0 amide bonds. The number of hydrogen-bond acceptors (Lipinski definition) is 3. The summed E-state index contributed by atoms with van der Waals surface area (Å²) in [6, 6.07) is 13.3. The second-order valence-electron chi connectivity index (χ2n) is 4.23. The zero-order chi connectivity index (χ0) is 14.5. The lowest BCUT2D eigenvalue weighted by molar-refractivity contribution is -0.139. The van der Waals surface area contributed by atoms with Crippen molar-refractivity contribution in [2.75, 3.05) is 0 Å². The lowest BCUT2D eigenvalue weighted by Gasteiger charge is -2.14. The Bertz CT molecular complexity index is 548. The standard InChI is InChI=1S/C14H12NO4P/c16-14(17)12(10-6-2-1-3-7-10)13(20(18)19)11-8-4-5-9-15-11/h1-9,12-13H,(H-,16,17,18,19)/p+1. The van der Waals surface area contributed by atoms with Crippen LogP contribution in [0.2, 0.25) is 0 Å². The lowest BCUT2D eigenvalue weighted by Crippen LogP contribution is -2.19. The van der Waals surface area contributed by atoms with Gasteiger partial charge in [0.05, 0.1) is 5.69 Å². The van der Waals surface area contributed by atoms with E-state index < -0.39 is 25.6 Å². The van der Waals surface area contributed by atoms with Crippen LogP contribution in [0.15, 0.2) is 54.7 Å². The molecule has 3 unspecified atom stereocenters. The predicted molar refractivity (Wildman–Crippen MR) is 73.6 cm³/mol. The Kier molecular flexibility index (Phi) is 4.56. The second kappa shape index (κ2) is 6.37. The van der Waals surface area contributed by atoms with E-state index in [9.17, 15) is 19.4 Å². The Morgan fingerprint density at radius 3 is 2.25 bits per heavy atom. The maximum Gasteiger partial charge on any atom is 0.516 e. The van der Waals surface area contributed by atoms with Gasteiger partial charge in [-0.2, -0.15) is 4.89 Å². The molecule has 0 radical (unpaired) electrons. The van der Waals surface area contributed by atoms with Gasteiger partial charge in [0.1, 0.15) is 5.92 Å². The van der Waals surface area contributed by atoms with Gasteiger partial charge in [-0.25, -0.2) is 0 Å². The van der Waals surface area contributed by atoms with Crippen molar-refractivity contribution in [3.8, 4) is 0 Å². The minimum absolute atomic E-state index is 0.298.